The number of nitrogens with zero attached hydrogens (tertiary/aromatic N) is 1. The Balaban J connectivity index is 1.73. The van der Waals surface area contributed by atoms with Crippen LogP contribution in [0.25, 0.3) is 5.57 Å². The van der Waals surface area contributed by atoms with Crippen LogP contribution in [0.5, 0.6) is 5.75 Å². The highest BCUT2D eigenvalue weighted by molar-refractivity contribution is 6.21. The number of benzene rings is 3. The number of hydrogen-bond donors (Lipinski definition) is 0. The van der Waals surface area contributed by atoms with E-state index in [0.717, 1.165) is 34.6 Å². The second-order valence-corrected chi connectivity index (χ2v) is 7.49. The molecule has 0 aliphatic carbocycles. The van der Waals surface area contributed by atoms with Gasteiger partial charge >= 0.3 is 0 Å². The van der Waals surface area contributed by atoms with E-state index < -0.39 is 0 Å². The first kappa shape index (κ1) is 19.0. The van der Waals surface area contributed by atoms with E-state index in [0.29, 0.717) is 6.42 Å². The number of rotatable bonds is 5. The van der Waals surface area contributed by atoms with Gasteiger partial charge in [-0.05, 0) is 35.7 Å². The molecule has 1 atom stereocenters. The van der Waals surface area contributed by atoms with Gasteiger partial charge < -0.3 is 9.64 Å². The van der Waals surface area contributed by atoms with Crippen LogP contribution < -0.4 is 4.74 Å². The SMILES string of the molecule is COc1ccc(C2CC(=O)C(c3cccc(C)c3)=CN2Cc2ccccc2)cc1. The van der Waals surface area contributed by atoms with Gasteiger partial charge in [0, 0.05) is 24.7 Å². The molecule has 1 heterocycles. The van der Waals surface area contributed by atoms with Gasteiger partial charge in [-0.3, -0.25) is 4.79 Å². The zero-order valence-corrected chi connectivity index (χ0v) is 16.8. The first-order valence-electron chi connectivity index (χ1n) is 9.90. The highest BCUT2D eigenvalue weighted by Crippen LogP contribution is 2.36. The molecule has 0 aromatic heterocycles. The van der Waals surface area contributed by atoms with Gasteiger partial charge in [0.1, 0.15) is 5.75 Å². The lowest BCUT2D eigenvalue weighted by Crippen LogP contribution is -2.30. The quantitative estimate of drug-likeness (QED) is 0.578. The minimum Gasteiger partial charge on any atom is -0.497 e. The molecule has 1 aliphatic rings. The summed E-state index contributed by atoms with van der Waals surface area (Å²) in [5.41, 5.74) is 5.27. The van der Waals surface area contributed by atoms with E-state index in [-0.39, 0.29) is 11.8 Å². The van der Waals surface area contributed by atoms with Crippen LogP contribution in [0.4, 0.5) is 0 Å². The monoisotopic (exact) mass is 383 g/mol. The van der Waals surface area contributed by atoms with Gasteiger partial charge in [0.15, 0.2) is 5.78 Å². The smallest absolute Gasteiger partial charge is 0.167 e. The maximum Gasteiger partial charge on any atom is 0.167 e. The lowest BCUT2D eigenvalue weighted by atomic mass is 9.89. The topological polar surface area (TPSA) is 29.5 Å². The Kier molecular flexibility index (Phi) is 5.48. The number of carbonyl (C=O) groups is 1. The maximum atomic E-state index is 13.1. The van der Waals surface area contributed by atoms with Crippen molar-refractivity contribution in [3.63, 3.8) is 0 Å². The first-order valence-corrected chi connectivity index (χ1v) is 9.90. The van der Waals surface area contributed by atoms with Crippen LogP contribution in [0.3, 0.4) is 0 Å². The number of ketones is 1. The van der Waals surface area contributed by atoms with Crippen LogP contribution in [0, 0.1) is 6.92 Å². The summed E-state index contributed by atoms with van der Waals surface area (Å²) in [6.45, 7) is 2.80. The van der Waals surface area contributed by atoms with Crippen molar-refractivity contribution in [2.75, 3.05) is 7.11 Å². The molecule has 3 aromatic carbocycles. The molecule has 3 heteroatoms. The van der Waals surface area contributed by atoms with Crippen LogP contribution >= 0.6 is 0 Å². The van der Waals surface area contributed by atoms with E-state index >= 15 is 0 Å². The molecule has 0 radical (unpaired) electrons. The molecule has 1 aliphatic heterocycles. The Labute approximate surface area is 172 Å². The van der Waals surface area contributed by atoms with Crippen LogP contribution in [0.2, 0.25) is 0 Å². The summed E-state index contributed by atoms with van der Waals surface area (Å²) in [5, 5.41) is 0. The molecule has 3 aromatic rings. The van der Waals surface area contributed by atoms with Crippen molar-refractivity contribution in [2.24, 2.45) is 0 Å². The molecule has 3 nitrogen and oxygen atoms in total. The third-order valence-corrected chi connectivity index (χ3v) is 5.41. The average molecular weight is 383 g/mol. The van der Waals surface area contributed by atoms with Crippen LogP contribution in [0.1, 0.15) is 34.7 Å². The van der Waals surface area contributed by atoms with Gasteiger partial charge in [0.2, 0.25) is 0 Å². The normalized spacial score (nSPS) is 16.5. The first-order chi connectivity index (χ1) is 14.1. The predicted molar refractivity (Wildman–Crippen MR) is 117 cm³/mol. The predicted octanol–water partition coefficient (Wildman–Crippen LogP) is 5.56. The third kappa shape index (κ3) is 4.24. The Bertz CT molecular complexity index is 1020. The molecular formula is C26H25NO2. The Morgan fingerprint density at radius 2 is 1.72 bits per heavy atom. The third-order valence-electron chi connectivity index (χ3n) is 5.41. The van der Waals surface area contributed by atoms with Gasteiger partial charge in [-0.2, -0.15) is 0 Å². The zero-order valence-electron chi connectivity index (χ0n) is 16.8. The van der Waals surface area contributed by atoms with Gasteiger partial charge in [0.25, 0.3) is 0 Å². The number of ether oxygens (including phenoxy) is 1. The van der Waals surface area contributed by atoms with E-state index in [4.69, 9.17) is 4.74 Å². The molecule has 0 amide bonds. The number of methoxy groups -OCH3 is 1. The minimum atomic E-state index is 0.00201. The van der Waals surface area contributed by atoms with E-state index in [1.807, 2.05) is 36.5 Å². The van der Waals surface area contributed by atoms with Crippen molar-refractivity contribution < 1.29 is 9.53 Å². The molecule has 1 unspecified atom stereocenters. The Morgan fingerprint density at radius 3 is 2.41 bits per heavy atom. The number of Topliss-reactive ketones (excluding diaryl/α,β-unsaturated/α-hetero) is 1. The number of allylic oxidation sites excluding steroid dienone is 1. The van der Waals surface area contributed by atoms with Crippen molar-refractivity contribution >= 4 is 11.4 Å². The molecule has 146 valence electrons. The van der Waals surface area contributed by atoms with Crippen molar-refractivity contribution in [2.45, 2.75) is 25.9 Å². The second kappa shape index (κ2) is 8.36. The fourth-order valence-corrected chi connectivity index (χ4v) is 3.86. The lowest BCUT2D eigenvalue weighted by molar-refractivity contribution is -0.115. The van der Waals surface area contributed by atoms with Crippen LogP contribution in [0.15, 0.2) is 85.1 Å². The summed E-state index contributed by atoms with van der Waals surface area (Å²) in [5.74, 6) is 1.00. The second-order valence-electron chi connectivity index (χ2n) is 7.49. The minimum absolute atomic E-state index is 0.00201. The number of hydrogen-bond acceptors (Lipinski definition) is 3. The molecular weight excluding hydrogens is 358 g/mol. The van der Waals surface area contributed by atoms with Crippen LogP contribution in [-0.2, 0) is 11.3 Å². The summed E-state index contributed by atoms with van der Waals surface area (Å²) < 4.78 is 5.29. The van der Waals surface area contributed by atoms with Gasteiger partial charge in [-0.15, -0.1) is 0 Å². The highest BCUT2D eigenvalue weighted by Gasteiger charge is 2.29. The zero-order chi connectivity index (χ0) is 20.2. The molecule has 0 spiro atoms. The number of aryl methyl sites for hydroxylation is 1. The van der Waals surface area contributed by atoms with Gasteiger partial charge in [-0.25, -0.2) is 0 Å². The molecule has 4 rings (SSSR count). The fourth-order valence-electron chi connectivity index (χ4n) is 3.86. The maximum absolute atomic E-state index is 13.1. The van der Waals surface area contributed by atoms with E-state index in [1.165, 1.54) is 5.56 Å². The molecule has 0 N–H and O–H groups in total. The summed E-state index contributed by atoms with van der Waals surface area (Å²) in [6.07, 6.45) is 2.50. The van der Waals surface area contributed by atoms with E-state index in [1.54, 1.807) is 7.11 Å². The highest BCUT2D eigenvalue weighted by atomic mass is 16.5. The van der Waals surface area contributed by atoms with Gasteiger partial charge in [-0.1, -0.05) is 72.3 Å². The van der Waals surface area contributed by atoms with Crippen molar-refractivity contribution in [1.29, 1.82) is 0 Å². The number of carbonyl (C=O) groups excluding carboxylic acids is 1. The molecule has 0 fully saturated rings. The van der Waals surface area contributed by atoms with Gasteiger partial charge in [0.05, 0.1) is 13.2 Å². The summed E-state index contributed by atoms with van der Waals surface area (Å²) >= 11 is 0. The summed E-state index contributed by atoms with van der Waals surface area (Å²) in [4.78, 5) is 15.4. The molecule has 0 bridgehead atoms. The Hall–Kier alpha value is -3.33. The largest absolute Gasteiger partial charge is 0.497 e. The van der Waals surface area contributed by atoms with Crippen LogP contribution in [-0.4, -0.2) is 17.8 Å². The summed E-state index contributed by atoms with van der Waals surface area (Å²) in [6, 6.07) is 26.6. The summed E-state index contributed by atoms with van der Waals surface area (Å²) in [7, 11) is 1.66. The molecule has 0 saturated carbocycles. The van der Waals surface area contributed by atoms with Crippen molar-refractivity contribution in [3.8, 4) is 5.75 Å². The lowest BCUT2D eigenvalue weighted by Gasteiger charge is -2.35. The fraction of sp³-hybridized carbons (Fsp3) is 0.192. The van der Waals surface area contributed by atoms with Crippen molar-refractivity contribution in [3.05, 3.63) is 107 Å². The average Bonchev–Trinajstić information content (AvgIpc) is 2.75. The van der Waals surface area contributed by atoms with E-state index in [9.17, 15) is 4.79 Å². The van der Waals surface area contributed by atoms with Crippen molar-refractivity contribution in [1.82, 2.24) is 4.90 Å². The molecule has 29 heavy (non-hydrogen) atoms. The Morgan fingerprint density at radius 1 is 0.966 bits per heavy atom. The molecule has 0 saturated heterocycles. The van der Waals surface area contributed by atoms with E-state index in [2.05, 4.69) is 60.4 Å². The standard InChI is InChI=1S/C26H25NO2/c1-19-7-6-10-22(15-19)24-18-27(17-20-8-4-3-5-9-20)25(16-26(24)28)21-11-13-23(29-2)14-12-21/h3-15,18,25H,16-17H2,1-2H3.